The molecule has 0 radical (unpaired) electrons. The van der Waals surface area contributed by atoms with Crippen molar-refractivity contribution in [1.82, 2.24) is 0 Å². The zero-order chi connectivity index (χ0) is 18.0. The van der Waals surface area contributed by atoms with Gasteiger partial charge in [0.15, 0.2) is 29.0 Å². The largest absolute Gasteiger partial charge is 0.490 e. The lowest BCUT2D eigenvalue weighted by molar-refractivity contribution is -0.690. The van der Waals surface area contributed by atoms with Crippen molar-refractivity contribution in [2.24, 2.45) is 0 Å². The number of nitrogens with two attached hydrogens (primary N) is 1. The zero-order valence-electron chi connectivity index (χ0n) is 14.2. The highest BCUT2D eigenvalue weighted by Gasteiger charge is 2.29. The van der Waals surface area contributed by atoms with Crippen LogP contribution < -0.4 is 14.8 Å². The van der Waals surface area contributed by atoms with Crippen LogP contribution in [-0.4, -0.2) is 19.8 Å². The van der Waals surface area contributed by atoms with Crippen molar-refractivity contribution in [3.05, 3.63) is 58.4 Å². The molecule has 0 spiro atoms. The molecule has 0 aromatic heterocycles. The molecule has 2 aromatic carbocycles. The number of benzene rings is 2. The molecule has 2 aromatic rings. The highest BCUT2D eigenvalue weighted by Crippen LogP contribution is 2.36. The standard InChI is InChI=1S/C19H20F3NO2/c1-3-24-16-9-11-5-6-23-19(13(11)10-17(16)25-4-2)12-7-14(20)18(22)15(21)8-12/h7-10,19,23H,3-6H2,1-2H3/p+1/t19-/m1/s1. The van der Waals surface area contributed by atoms with Gasteiger partial charge in [-0.25, -0.2) is 13.2 Å². The molecule has 1 aliphatic heterocycles. The Labute approximate surface area is 144 Å². The van der Waals surface area contributed by atoms with Gasteiger partial charge >= 0.3 is 0 Å². The average molecular weight is 352 g/mol. The number of ether oxygens (including phenoxy) is 2. The second-order valence-electron chi connectivity index (χ2n) is 5.91. The summed E-state index contributed by atoms with van der Waals surface area (Å²) in [6.45, 7) is 5.53. The maximum atomic E-state index is 13.7. The molecule has 0 bridgehead atoms. The predicted molar refractivity (Wildman–Crippen MR) is 87.4 cm³/mol. The Kier molecular flexibility index (Phi) is 5.18. The molecule has 25 heavy (non-hydrogen) atoms. The van der Waals surface area contributed by atoms with Crippen LogP contribution in [0.15, 0.2) is 24.3 Å². The van der Waals surface area contributed by atoms with Gasteiger partial charge in [-0.05, 0) is 43.7 Å². The Bertz CT molecular complexity index is 756. The van der Waals surface area contributed by atoms with Gasteiger partial charge in [0.2, 0.25) is 0 Å². The van der Waals surface area contributed by atoms with E-state index in [4.69, 9.17) is 9.47 Å². The van der Waals surface area contributed by atoms with Gasteiger partial charge in [0.05, 0.1) is 19.8 Å². The van der Waals surface area contributed by atoms with Gasteiger partial charge < -0.3 is 14.8 Å². The lowest BCUT2D eigenvalue weighted by Gasteiger charge is -2.26. The van der Waals surface area contributed by atoms with E-state index in [0.717, 1.165) is 36.2 Å². The monoisotopic (exact) mass is 352 g/mol. The number of rotatable bonds is 5. The summed E-state index contributed by atoms with van der Waals surface area (Å²) in [6.07, 6.45) is 0.810. The van der Waals surface area contributed by atoms with Crippen molar-refractivity contribution in [2.45, 2.75) is 26.3 Å². The van der Waals surface area contributed by atoms with Gasteiger partial charge in [0, 0.05) is 17.5 Å². The molecule has 6 heteroatoms. The van der Waals surface area contributed by atoms with Gasteiger partial charge in [-0.3, -0.25) is 0 Å². The predicted octanol–water partition coefficient (Wildman–Crippen LogP) is 3.11. The SMILES string of the molecule is CCOc1cc2c(cc1OCC)[C@@H](c1cc(F)c(F)c(F)c1)[NH2+]CC2. The van der Waals surface area contributed by atoms with Crippen LogP contribution in [0.1, 0.15) is 36.6 Å². The topological polar surface area (TPSA) is 35.1 Å². The second-order valence-corrected chi connectivity index (χ2v) is 5.91. The van der Waals surface area contributed by atoms with Crippen molar-refractivity contribution in [3.8, 4) is 11.5 Å². The lowest BCUT2D eigenvalue weighted by Crippen LogP contribution is -2.87. The average Bonchev–Trinajstić information content (AvgIpc) is 2.59. The molecule has 134 valence electrons. The quantitative estimate of drug-likeness (QED) is 0.840. The molecule has 3 rings (SSSR count). The van der Waals surface area contributed by atoms with Crippen molar-refractivity contribution in [1.29, 1.82) is 0 Å². The fraction of sp³-hybridized carbons (Fsp3) is 0.368. The van der Waals surface area contributed by atoms with Crippen molar-refractivity contribution < 1.29 is 28.0 Å². The van der Waals surface area contributed by atoms with Crippen molar-refractivity contribution >= 4 is 0 Å². The van der Waals surface area contributed by atoms with Crippen LogP contribution in [0.25, 0.3) is 0 Å². The smallest absolute Gasteiger partial charge is 0.194 e. The number of quaternary nitrogens is 1. The summed E-state index contributed by atoms with van der Waals surface area (Å²) in [5.41, 5.74) is 2.34. The van der Waals surface area contributed by atoms with E-state index in [0.29, 0.717) is 30.3 Å². The third-order valence-corrected chi connectivity index (χ3v) is 4.32. The molecule has 1 heterocycles. The maximum absolute atomic E-state index is 13.7. The Balaban J connectivity index is 2.08. The van der Waals surface area contributed by atoms with E-state index >= 15 is 0 Å². The van der Waals surface area contributed by atoms with Crippen LogP contribution >= 0.6 is 0 Å². The molecule has 0 saturated heterocycles. The van der Waals surface area contributed by atoms with Gasteiger partial charge in [-0.2, -0.15) is 0 Å². The molecule has 2 N–H and O–H groups in total. The van der Waals surface area contributed by atoms with Crippen LogP contribution in [0.3, 0.4) is 0 Å². The van der Waals surface area contributed by atoms with Crippen molar-refractivity contribution in [2.75, 3.05) is 19.8 Å². The van der Waals surface area contributed by atoms with Gasteiger partial charge in [-0.1, -0.05) is 0 Å². The van der Waals surface area contributed by atoms with Gasteiger partial charge in [-0.15, -0.1) is 0 Å². The highest BCUT2D eigenvalue weighted by molar-refractivity contribution is 5.50. The molecule has 0 fully saturated rings. The van der Waals surface area contributed by atoms with E-state index in [2.05, 4.69) is 0 Å². The Morgan fingerprint density at radius 3 is 2.16 bits per heavy atom. The maximum Gasteiger partial charge on any atom is 0.194 e. The van der Waals surface area contributed by atoms with Crippen molar-refractivity contribution in [3.63, 3.8) is 0 Å². The molecule has 0 amide bonds. The van der Waals surface area contributed by atoms with Crippen LogP contribution in [0.2, 0.25) is 0 Å². The number of hydrogen-bond donors (Lipinski definition) is 1. The minimum Gasteiger partial charge on any atom is -0.490 e. The third kappa shape index (κ3) is 3.44. The summed E-state index contributed by atoms with van der Waals surface area (Å²) in [7, 11) is 0. The molecular formula is C19H21F3NO2+. The third-order valence-electron chi connectivity index (χ3n) is 4.32. The van der Waals surface area contributed by atoms with Crippen LogP contribution in [-0.2, 0) is 6.42 Å². The summed E-state index contributed by atoms with van der Waals surface area (Å²) in [4.78, 5) is 0. The summed E-state index contributed by atoms with van der Waals surface area (Å²) < 4.78 is 51.9. The summed E-state index contributed by atoms with van der Waals surface area (Å²) in [5.74, 6) is -2.52. The summed E-state index contributed by atoms with van der Waals surface area (Å²) in [6, 6.07) is 5.60. The minimum atomic E-state index is -1.44. The molecule has 0 saturated carbocycles. The second kappa shape index (κ2) is 7.35. The van der Waals surface area contributed by atoms with E-state index in [-0.39, 0.29) is 6.04 Å². The Hall–Kier alpha value is -2.21. The van der Waals surface area contributed by atoms with Crippen LogP contribution in [0.4, 0.5) is 13.2 Å². The lowest BCUT2D eigenvalue weighted by atomic mass is 9.89. The normalized spacial score (nSPS) is 16.4. The zero-order valence-corrected chi connectivity index (χ0v) is 14.2. The highest BCUT2D eigenvalue weighted by atomic mass is 19.2. The first-order valence-electron chi connectivity index (χ1n) is 8.45. The fourth-order valence-electron chi connectivity index (χ4n) is 3.26. The van der Waals surface area contributed by atoms with E-state index in [1.807, 2.05) is 31.3 Å². The van der Waals surface area contributed by atoms with E-state index in [1.165, 1.54) is 0 Å². The van der Waals surface area contributed by atoms with Crippen LogP contribution in [0.5, 0.6) is 11.5 Å². The Morgan fingerprint density at radius 1 is 0.960 bits per heavy atom. The molecule has 3 nitrogen and oxygen atoms in total. The van der Waals surface area contributed by atoms with E-state index < -0.39 is 17.5 Å². The molecule has 0 aliphatic carbocycles. The van der Waals surface area contributed by atoms with E-state index in [9.17, 15) is 13.2 Å². The van der Waals surface area contributed by atoms with Gasteiger partial charge in [0.1, 0.15) is 6.04 Å². The first kappa shape index (κ1) is 17.6. The number of halogens is 3. The first-order chi connectivity index (χ1) is 12.0. The fourth-order valence-corrected chi connectivity index (χ4v) is 3.26. The number of fused-ring (bicyclic) bond motifs is 1. The molecular weight excluding hydrogens is 331 g/mol. The van der Waals surface area contributed by atoms with E-state index in [1.54, 1.807) is 0 Å². The number of hydrogen-bond acceptors (Lipinski definition) is 2. The van der Waals surface area contributed by atoms with Gasteiger partial charge in [0.25, 0.3) is 0 Å². The summed E-state index contributed by atoms with van der Waals surface area (Å²) >= 11 is 0. The molecule has 1 aliphatic rings. The van der Waals surface area contributed by atoms with Crippen LogP contribution in [0, 0.1) is 17.5 Å². The molecule has 1 atom stereocenters. The Morgan fingerprint density at radius 2 is 1.56 bits per heavy atom. The summed E-state index contributed by atoms with van der Waals surface area (Å²) in [5, 5.41) is 1.99. The minimum absolute atomic E-state index is 0.316. The molecule has 0 unspecified atom stereocenters. The first-order valence-corrected chi connectivity index (χ1v) is 8.45.